The van der Waals surface area contributed by atoms with Crippen molar-refractivity contribution >= 4 is 17.2 Å². The van der Waals surface area contributed by atoms with Crippen LogP contribution in [0.5, 0.6) is 0 Å². The van der Waals surface area contributed by atoms with Crippen LogP contribution in [-0.4, -0.2) is 60.1 Å². The Hall–Kier alpha value is -0.980. The predicted octanol–water partition coefficient (Wildman–Crippen LogP) is 1.52. The zero-order valence-corrected chi connectivity index (χ0v) is 13.4. The third-order valence-corrected chi connectivity index (χ3v) is 5.05. The van der Waals surface area contributed by atoms with Gasteiger partial charge in [-0.1, -0.05) is 0 Å². The van der Waals surface area contributed by atoms with Crippen molar-refractivity contribution < 1.29 is 9.53 Å². The number of aryl methyl sites for hydroxylation is 1. The highest BCUT2D eigenvalue weighted by Crippen LogP contribution is 2.18. The van der Waals surface area contributed by atoms with Crippen LogP contribution in [0.1, 0.15) is 23.5 Å². The average molecular weight is 309 g/mol. The van der Waals surface area contributed by atoms with Crippen LogP contribution in [0.25, 0.3) is 0 Å². The molecule has 6 heteroatoms. The molecule has 1 aromatic rings. The second-order valence-corrected chi connectivity index (χ2v) is 6.94. The van der Waals surface area contributed by atoms with Gasteiger partial charge in [0.15, 0.2) is 0 Å². The molecule has 0 aromatic carbocycles. The van der Waals surface area contributed by atoms with Crippen LogP contribution in [-0.2, 0) is 16.1 Å². The Kier molecular flexibility index (Phi) is 4.87. The average Bonchev–Trinajstić information content (AvgIpc) is 3.08. The molecule has 3 rings (SSSR count). The minimum atomic E-state index is 0.0951. The lowest BCUT2D eigenvalue weighted by Gasteiger charge is -2.23. The third-order valence-electron chi connectivity index (χ3n) is 4.23. The summed E-state index contributed by atoms with van der Waals surface area (Å²) in [4.78, 5) is 21.4. The topological polar surface area (TPSA) is 45.7 Å². The van der Waals surface area contributed by atoms with E-state index in [0.29, 0.717) is 12.5 Å². The van der Waals surface area contributed by atoms with Crippen molar-refractivity contribution in [1.82, 2.24) is 14.8 Å². The number of aromatic nitrogens is 1. The highest BCUT2D eigenvalue weighted by atomic mass is 32.1. The molecule has 1 unspecified atom stereocenters. The summed E-state index contributed by atoms with van der Waals surface area (Å²) >= 11 is 1.70. The van der Waals surface area contributed by atoms with Crippen molar-refractivity contribution in [3.63, 3.8) is 0 Å². The summed E-state index contributed by atoms with van der Waals surface area (Å²) in [5, 5.41) is 3.26. The summed E-state index contributed by atoms with van der Waals surface area (Å²) in [6.45, 7) is 7.98. The predicted molar refractivity (Wildman–Crippen MR) is 82.3 cm³/mol. The molecule has 5 nitrogen and oxygen atoms in total. The van der Waals surface area contributed by atoms with E-state index in [-0.39, 0.29) is 5.92 Å². The Balaban J connectivity index is 1.52. The lowest BCUT2D eigenvalue weighted by Crippen LogP contribution is -2.39. The summed E-state index contributed by atoms with van der Waals surface area (Å²) < 4.78 is 5.34. The van der Waals surface area contributed by atoms with Gasteiger partial charge in [0.05, 0.1) is 23.2 Å². The van der Waals surface area contributed by atoms with Crippen molar-refractivity contribution in [3.05, 3.63) is 16.1 Å². The Labute approximate surface area is 129 Å². The van der Waals surface area contributed by atoms with E-state index in [9.17, 15) is 4.79 Å². The number of carbonyl (C=O) groups excluding carboxylic acids is 1. The maximum atomic E-state index is 12.4. The number of amides is 1. The fourth-order valence-electron chi connectivity index (χ4n) is 3.05. The van der Waals surface area contributed by atoms with Crippen molar-refractivity contribution in [2.24, 2.45) is 5.92 Å². The second kappa shape index (κ2) is 6.85. The molecule has 1 amide bonds. The first-order chi connectivity index (χ1) is 10.2. The normalized spacial score (nSPS) is 24.2. The van der Waals surface area contributed by atoms with Crippen LogP contribution in [0.4, 0.5) is 0 Å². The molecule has 0 N–H and O–H groups in total. The Bertz CT molecular complexity index is 485. The van der Waals surface area contributed by atoms with E-state index in [2.05, 4.69) is 15.3 Å². The van der Waals surface area contributed by atoms with Gasteiger partial charge >= 0.3 is 0 Å². The lowest BCUT2D eigenvalue weighted by atomic mass is 10.1. The molecule has 2 fully saturated rings. The minimum Gasteiger partial charge on any atom is -0.381 e. The van der Waals surface area contributed by atoms with Crippen molar-refractivity contribution in [2.45, 2.75) is 26.3 Å². The quantitative estimate of drug-likeness (QED) is 0.849. The number of ether oxygens (including phenoxy) is 1. The summed E-state index contributed by atoms with van der Waals surface area (Å²) in [5.41, 5.74) is 1.15. The molecule has 2 aliphatic rings. The van der Waals surface area contributed by atoms with Crippen molar-refractivity contribution in [3.8, 4) is 0 Å². The van der Waals surface area contributed by atoms with Crippen LogP contribution in [0.15, 0.2) is 5.38 Å². The van der Waals surface area contributed by atoms with E-state index < -0.39 is 0 Å². The summed E-state index contributed by atoms with van der Waals surface area (Å²) in [5.74, 6) is 0.386. The standard InChI is InChI=1S/C15H23N3O2S/c1-12-16-14(11-21-12)9-17-4-2-5-18(7-6-17)15(19)13-3-8-20-10-13/h11,13H,2-10H2,1H3. The molecule has 116 valence electrons. The van der Waals surface area contributed by atoms with Crippen LogP contribution in [0.2, 0.25) is 0 Å². The molecule has 3 heterocycles. The number of carbonyl (C=O) groups is 1. The van der Waals surface area contributed by atoms with Gasteiger partial charge in [-0.25, -0.2) is 4.98 Å². The van der Waals surface area contributed by atoms with E-state index in [1.54, 1.807) is 11.3 Å². The molecule has 2 saturated heterocycles. The van der Waals surface area contributed by atoms with Crippen LogP contribution in [0, 0.1) is 12.8 Å². The van der Waals surface area contributed by atoms with E-state index >= 15 is 0 Å². The highest BCUT2D eigenvalue weighted by Gasteiger charge is 2.29. The molecule has 0 spiro atoms. The first-order valence-corrected chi connectivity index (χ1v) is 8.60. The maximum Gasteiger partial charge on any atom is 0.228 e. The van der Waals surface area contributed by atoms with Crippen LogP contribution >= 0.6 is 11.3 Å². The Morgan fingerprint density at radius 2 is 2.33 bits per heavy atom. The molecule has 21 heavy (non-hydrogen) atoms. The Morgan fingerprint density at radius 1 is 1.43 bits per heavy atom. The monoisotopic (exact) mass is 309 g/mol. The minimum absolute atomic E-state index is 0.0951. The summed E-state index contributed by atoms with van der Waals surface area (Å²) in [7, 11) is 0. The van der Waals surface area contributed by atoms with Gasteiger partial charge in [-0.05, 0) is 19.8 Å². The third kappa shape index (κ3) is 3.81. The summed E-state index contributed by atoms with van der Waals surface area (Å²) in [6, 6.07) is 0. The van der Waals surface area contributed by atoms with Crippen LogP contribution in [0.3, 0.4) is 0 Å². The number of rotatable bonds is 3. The van der Waals surface area contributed by atoms with Gasteiger partial charge in [0, 0.05) is 44.7 Å². The van der Waals surface area contributed by atoms with Gasteiger partial charge in [-0.15, -0.1) is 11.3 Å². The van der Waals surface area contributed by atoms with E-state index in [0.717, 1.165) is 62.9 Å². The van der Waals surface area contributed by atoms with Gasteiger partial charge in [0.2, 0.25) is 5.91 Å². The second-order valence-electron chi connectivity index (χ2n) is 5.87. The lowest BCUT2D eigenvalue weighted by molar-refractivity contribution is -0.135. The molecule has 1 aromatic heterocycles. The summed E-state index contributed by atoms with van der Waals surface area (Å²) in [6.07, 6.45) is 1.93. The fraction of sp³-hybridized carbons (Fsp3) is 0.733. The smallest absolute Gasteiger partial charge is 0.228 e. The maximum absolute atomic E-state index is 12.4. The van der Waals surface area contributed by atoms with Gasteiger partial charge < -0.3 is 9.64 Å². The molecule has 0 saturated carbocycles. The van der Waals surface area contributed by atoms with Crippen molar-refractivity contribution in [2.75, 3.05) is 39.4 Å². The van der Waals surface area contributed by atoms with E-state index in [1.807, 2.05) is 11.8 Å². The molecule has 2 aliphatic heterocycles. The molecular weight excluding hydrogens is 286 g/mol. The van der Waals surface area contributed by atoms with E-state index in [4.69, 9.17) is 4.74 Å². The first kappa shape index (κ1) is 14.9. The largest absolute Gasteiger partial charge is 0.381 e. The van der Waals surface area contributed by atoms with E-state index in [1.165, 1.54) is 0 Å². The van der Waals surface area contributed by atoms with Gasteiger partial charge in [0.25, 0.3) is 0 Å². The fourth-order valence-corrected chi connectivity index (χ4v) is 3.65. The van der Waals surface area contributed by atoms with Crippen molar-refractivity contribution in [1.29, 1.82) is 0 Å². The number of thiazole rings is 1. The SMILES string of the molecule is Cc1nc(CN2CCCN(C(=O)C3CCOC3)CC2)cs1. The van der Waals surface area contributed by atoms with Gasteiger partial charge in [-0.3, -0.25) is 9.69 Å². The number of hydrogen-bond donors (Lipinski definition) is 0. The van der Waals surface area contributed by atoms with Crippen LogP contribution < -0.4 is 0 Å². The molecule has 0 aliphatic carbocycles. The van der Waals surface area contributed by atoms with Gasteiger partial charge in [-0.2, -0.15) is 0 Å². The Morgan fingerprint density at radius 3 is 3.05 bits per heavy atom. The molecule has 1 atom stereocenters. The molecule has 0 bridgehead atoms. The molecular formula is C15H23N3O2S. The first-order valence-electron chi connectivity index (χ1n) is 7.72. The zero-order valence-electron chi connectivity index (χ0n) is 12.6. The van der Waals surface area contributed by atoms with Gasteiger partial charge in [0.1, 0.15) is 0 Å². The highest BCUT2D eigenvalue weighted by molar-refractivity contribution is 7.09. The zero-order chi connectivity index (χ0) is 14.7. The number of hydrogen-bond acceptors (Lipinski definition) is 5. The molecule has 0 radical (unpaired) electrons. The number of nitrogens with zero attached hydrogens (tertiary/aromatic N) is 3.